The molecule has 0 heterocycles. The summed E-state index contributed by atoms with van der Waals surface area (Å²) in [6.45, 7) is 0. The molecule has 0 saturated heterocycles. The van der Waals surface area contributed by atoms with E-state index in [1.165, 1.54) is 0 Å². The molecule has 0 saturated carbocycles. The molecule has 0 radical (unpaired) electrons. The quantitative estimate of drug-likeness (QED) is 0.374. The topological polar surface area (TPSA) is 126 Å². The maximum atomic E-state index is 4.11. The van der Waals surface area contributed by atoms with Gasteiger partial charge >= 0.3 is 0 Å². The fraction of sp³-hybridized carbons (Fsp3) is 0. The maximum Gasteiger partial charge on any atom is 0 e. The minimum atomic E-state index is 0. The van der Waals surface area contributed by atoms with Crippen molar-refractivity contribution in [3.63, 3.8) is 0 Å². The molecule has 0 atom stereocenters. The first-order valence-electron chi connectivity index (χ1n) is 0.143. The number of hydrogen-bond acceptors (Lipinski definition) is 0. The van der Waals surface area contributed by atoms with Gasteiger partial charge in [0.25, 0.3) is 0 Å². The lowest BCUT2D eigenvalue weighted by molar-refractivity contribution is 0.823. The van der Waals surface area contributed by atoms with Crippen LogP contribution in [0, 0.1) is 0 Å². The normalized spacial score (nSPS) is 1.00. The lowest BCUT2D eigenvalue weighted by Crippen LogP contribution is -0.310. The van der Waals surface area contributed by atoms with Crippen LogP contribution in [-0.2, 0) is 0 Å². The molecule has 0 aliphatic rings. The van der Waals surface area contributed by atoms with Crippen LogP contribution in [0.15, 0.2) is 0 Å². The van der Waals surface area contributed by atoms with Gasteiger partial charge in [0, 0.05) is 21.7 Å². The van der Waals surface area contributed by atoms with Gasteiger partial charge in [0.2, 0.25) is 0 Å². The largest absolute Gasteiger partial charge is 0.412 e. The molecule has 0 bridgehead atoms. The zero-order valence-corrected chi connectivity index (χ0v) is 4.27. The average molecular weight is 143 g/mol. The Morgan fingerprint density at radius 2 is 0.500 bits per heavy atom. The van der Waals surface area contributed by atoms with Gasteiger partial charge in [0.15, 0.2) is 0 Å². The van der Waals surface area contributed by atoms with E-state index in [9.17, 15) is 0 Å². The second-order valence-corrected chi connectivity index (χ2v) is 0. The minimum absolute atomic E-state index is 0. The van der Waals surface area contributed by atoms with Gasteiger partial charge in [0.1, 0.15) is 0 Å². The predicted molar refractivity (Wildman–Crippen MR) is 26.2 cm³/mol. The van der Waals surface area contributed by atoms with Gasteiger partial charge < -0.3 is 21.9 Å². The van der Waals surface area contributed by atoms with Gasteiger partial charge in [-0.3, -0.25) is 0 Å². The second kappa shape index (κ2) is 600. The lowest BCUT2D eigenvalue weighted by atomic mass is 16.0. The zero-order valence-electron chi connectivity index (χ0n) is 2.76. The molecule has 0 aromatic carbocycles. The predicted octanol–water partition coefficient (Wildman–Crippen LogP) is -1.92. The van der Waals surface area contributed by atoms with Crippen molar-refractivity contribution < 1.29 is 21.9 Å². The summed E-state index contributed by atoms with van der Waals surface area (Å²) in [7, 11) is 8.22. The van der Waals surface area contributed by atoms with Crippen LogP contribution in [0.4, 0.5) is 0 Å². The Kier molecular flexibility index (Phi) is 9360. The molecule has 0 unspecified atom stereocenters. The van der Waals surface area contributed by atoms with Crippen molar-refractivity contribution in [3.8, 4) is 0 Å². The first-order valence-corrected chi connectivity index (χ1v) is 1.29. The lowest BCUT2D eigenvalue weighted by Gasteiger charge is -1.000. The van der Waals surface area contributed by atoms with Crippen molar-refractivity contribution in [3.05, 3.63) is 0 Å². The highest BCUT2D eigenvalue weighted by Crippen LogP contribution is 1.69. The van der Waals surface area contributed by atoms with Gasteiger partial charge in [-0.25, -0.2) is 0 Å². The fourth-order valence-electron chi connectivity index (χ4n) is 0. The van der Waals surface area contributed by atoms with E-state index in [0.717, 1.165) is 0 Å². The molecule has 0 amide bonds. The Morgan fingerprint density at radius 1 is 0.500 bits per heavy atom. The first kappa shape index (κ1) is 93.5. The van der Waals surface area contributed by atoms with E-state index < -0.39 is 0 Å². The van der Waals surface area contributed by atoms with Crippen molar-refractivity contribution in [1.82, 2.24) is 0 Å². The van der Waals surface area contributed by atoms with E-state index in [4.69, 9.17) is 0 Å². The third-order valence-electron chi connectivity index (χ3n) is 0. The molecule has 0 rings (SSSR count). The molecule has 6 heteroatoms. The molecule has 4 nitrogen and oxygen atoms in total. The van der Waals surface area contributed by atoms with Crippen molar-refractivity contribution in [1.29, 1.82) is 0 Å². The Morgan fingerprint density at radius 3 is 0.500 bits per heavy atom. The zero-order chi connectivity index (χ0) is 2.00. The molecule has 0 fully saturated rings. The number of hydrogen-bond donors (Lipinski definition) is 0. The van der Waals surface area contributed by atoms with E-state index in [1.807, 2.05) is 0 Å². The van der Waals surface area contributed by atoms with Gasteiger partial charge in [0.05, 0.1) is 0 Å². The van der Waals surface area contributed by atoms with E-state index in [1.54, 1.807) is 0 Å². The molecule has 6 heavy (non-hydrogen) atoms. The van der Waals surface area contributed by atoms with E-state index in [0.29, 0.717) is 0 Å². The Bertz CT molecular complexity index is 5.51. The third-order valence-corrected chi connectivity index (χ3v) is 0. The van der Waals surface area contributed by atoms with E-state index in [-0.39, 0.29) is 21.9 Å². The van der Waals surface area contributed by atoms with Crippen LogP contribution in [0.1, 0.15) is 0 Å². The summed E-state index contributed by atoms with van der Waals surface area (Å²) in [4.78, 5) is 0. The highest BCUT2D eigenvalue weighted by Gasteiger charge is 1.00. The summed E-state index contributed by atoms with van der Waals surface area (Å²) >= 11 is 0. The van der Waals surface area contributed by atoms with Crippen LogP contribution < -0.4 is 0 Å². The van der Waals surface area contributed by atoms with Crippen LogP contribution in [0.2, 0.25) is 0 Å². The SMILES string of the molecule is ClCl.O.O.O.O. The van der Waals surface area contributed by atoms with Crippen LogP contribution in [0.5, 0.6) is 0 Å². The number of rotatable bonds is 0. The molecule has 0 aliphatic heterocycles. The summed E-state index contributed by atoms with van der Waals surface area (Å²) in [5.41, 5.74) is 0. The number of halogens is 2. The van der Waals surface area contributed by atoms with Crippen LogP contribution >= 0.6 is 21.7 Å². The molecule has 8 N–H and O–H groups in total. The Hall–Kier alpha value is 0.420. The van der Waals surface area contributed by atoms with Gasteiger partial charge in [-0.15, -0.1) is 0 Å². The van der Waals surface area contributed by atoms with Crippen LogP contribution in [-0.4, -0.2) is 21.9 Å². The van der Waals surface area contributed by atoms with Crippen molar-refractivity contribution in [2.75, 3.05) is 0 Å². The Labute approximate surface area is 44.5 Å². The fourth-order valence-corrected chi connectivity index (χ4v) is 0. The van der Waals surface area contributed by atoms with Crippen molar-refractivity contribution in [2.45, 2.75) is 0 Å². The molecule has 0 aliphatic carbocycles. The first-order chi connectivity index (χ1) is 1.00. The van der Waals surface area contributed by atoms with E-state index in [2.05, 4.69) is 21.7 Å². The molecule has 0 aromatic rings. The van der Waals surface area contributed by atoms with Gasteiger partial charge in [-0.05, 0) is 0 Å². The summed E-state index contributed by atoms with van der Waals surface area (Å²) < 4.78 is 0. The molecule has 0 aromatic heterocycles. The van der Waals surface area contributed by atoms with Gasteiger partial charge in [-0.2, -0.15) is 0 Å². The summed E-state index contributed by atoms with van der Waals surface area (Å²) in [5, 5.41) is 0. The van der Waals surface area contributed by atoms with Crippen LogP contribution in [0.3, 0.4) is 0 Å². The minimum Gasteiger partial charge on any atom is -0.412 e. The average Bonchev–Trinajstić information content (AvgIpc) is 1.00. The smallest absolute Gasteiger partial charge is 0 e. The molecule has 46 valence electrons. The third kappa shape index (κ3) is 293. The van der Waals surface area contributed by atoms with Crippen molar-refractivity contribution >= 4 is 21.7 Å². The van der Waals surface area contributed by atoms with Crippen molar-refractivity contribution in [2.24, 2.45) is 0 Å². The highest BCUT2D eigenvalue weighted by molar-refractivity contribution is 6.85. The summed E-state index contributed by atoms with van der Waals surface area (Å²) in [6.07, 6.45) is 0. The molecular weight excluding hydrogens is 135 g/mol. The highest BCUT2D eigenvalue weighted by atomic mass is 36.5. The Balaban J connectivity index is -0.000000000833. The standard InChI is InChI=1S/Cl2.4H2O/c1-2;;;;/h;4*1H2. The summed E-state index contributed by atoms with van der Waals surface area (Å²) in [6, 6.07) is 0. The molecular formula is H8Cl2O4. The maximum absolute atomic E-state index is 4.11. The summed E-state index contributed by atoms with van der Waals surface area (Å²) in [5.74, 6) is 0. The van der Waals surface area contributed by atoms with Gasteiger partial charge in [-0.1, -0.05) is 0 Å². The van der Waals surface area contributed by atoms with Crippen LogP contribution in [0.25, 0.3) is 0 Å². The molecule has 0 spiro atoms. The second-order valence-electron chi connectivity index (χ2n) is 0. The van der Waals surface area contributed by atoms with E-state index >= 15 is 0 Å². The monoisotopic (exact) mass is 142 g/mol.